The van der Waals surface area contributed by atoms with Crippen LogP contribution >= 0.6 is 0 Å². The lowest BCUT2D eigenvalue weighted by Gasteiger charge is -2.16. The van der Waals surface area contributed by atoms with Gasteiger partial charge in [0.15, 0.2) is 17.3 Å². The van der Waals surface area contributed by atoms with Gasteiger partial charge in [0, 0.05) is 5.56 Å². The van der Waals surface area contributed by atoms with Crippen molar-refractivity contribution in [1.82, 2.24) is 10.3 Å². The molecule has 1 saturated carbocycles. The molecule has 14 heteroatoms. The molecule has 198 valence electrons. The molecule has 2 aromatic carbocycles. The maximum absolute atomic E-state index is 14.3. The Morgan fingerprint density at radius 1 is 1.19 bits per heavy atom. The second-order valence-electron chi connectivity index (χ2n) is 8.52. The molecular formula is C23H20F5N3O5S. The first-order chi connectivity index (χ1) is 17.2. The summed E-state index contributed by atoms with van der Waals surface area (Å²) in [5, 5.41) is 2.44. The van der Waals surface area contributed by atoms with Crippen molar-refractivity contribution < 1.29 is 44.3 Å². The van der Waals surface area contributed by atoms with E-state index < -0.39 is 57.1 Å². The van der Waals surface area contributed by atoms with E-state index in [1.54, 1.807) is 4.72 Å². The van der Waals surface area contributed by atoms with Crippen LogP contribution in [-0.2, 0) is 16.2 Å². The summed E-state index contributed by atoms with van der Waals surface area (Å²) >= 11 is 0. The Hall–Kier alpha value is -3.68. The Balaban J connectivity index is 1.49. The van der Waals surface area contributed by atoms with Gasteiger partial charge >= 0.3 is 12.3 Å². The quantitative estimate of drug-likeness (QED) is 0.362. The number of hydrogen-bond acceptors (Lipinski definition) is 6. The second-order valence-corrected chi connectivity index (χ2v) is 10.3. The van der Waals surface area contributed by atoms with Gasteiger partial charge in [-0.3, -0.25) is 9.52 Å². The van der Waals surface area contributed by atoms with Gasteiger partial charge < -0.3 is 14.5 Å². The Labute approximate surface area is 207 Å². The number of nitrogens with one attached hydrogen (secondary N) is 2. The molecule has 1 amide bonds. The van der Waals surface area contributed by atoms with Crippen LogP contribution in [-0.4, -0.2) is 25.6 Å². The molecule has 1 atom stereocenters. The summed E-state index contributed by atoms with van der Waals surface area (Å²) in [6.45, 7) is 1.41. The lowest BCUT2D eigenvalue weighted by atomic mass is 10.0. The number of oxazole rings is 1. The van der Waals surface area contributed by atoms with Gasteiger partial charge in [-0.25, -0.2) is 17.2 Å². The predicted molar refractivity (Wildman–Crippen MR) is 121 cm³/mol. The molecule has 37 heavy (non-hydrogen) atoms. The fraction of sp³-hybridized carbons (Fsp3) is 0.304. The fourth-order valence-corrected chi connectivity index (χ4v) is 4.22. The summed E-state index contributed by atoms with van der Waals surface area (Å²) in [6, 6.07) is 4.26. The molecule has 0 aliphatic heterocycles. The van der Waals surface area contributed by atoms with Crippen molar-refractivity contribution in [3.05, 3.63) is 70.6 Å². The molecule has 0 spiro atoms. The van der Waals surface area contributed by atoms with Crippen LogP contribution in [0.3, 0.4) is 0 Å². The summed E-state index contributed by atoms with van der Waals surface area (Å²) in [5.74, 6) is -3.60. The van der Waals surface area contributed by atoms with E-state index >= 15 is 0 Å². The molecule has 0 saturated heterocycles. The number of hydrogen-bond donors (Lipinski definition) is 2. The second kappa shape index (κ2) is 9.65. The summed E-state index contributed by atoms with van der Waals surface area (Å²) in [4.78, 5) is 16.4. The van der Waals surface area contributed by atoms with Crippen molar-refractivity contribution in [3.63, 3.8) is 0 Å². The molecule has 1 heterocycles. The number of rotatable bonds is 8. The molecule has 4 rings (SSSR count). The number of nitrogens with zero attached hydrogens (tertiary/aromatic N) is 1. The van der Waals surface area contributed by atoms with E-state index in [2.05, 4.69) is 10.3 Å². The van der Waals surface area contributed by atoms with Crippen LogP contribution in [0.4, 0.5) is 27.6 Å². The average molecular weight is 545 g/mol. The van der Waals surface area contributed by atoms with Crippen molar-refractivity contribution in [3.8, 4) is 11.8 Å². The number of anilines is 1. The van der Waals surface area contributed by atoms with Crippen LogP contribution in [0.2, 0.25) is 0 Å². The van der Waals surface area contributed by atoms with E-state index in [4.69, 9.17) is 9.15 Å². The third-order valence-corrected chi connectivity index (χ3v) is 6.04. The minimum absolute atomic E-state index is 0.00862. The van der Waals surface area contributed by atoms with Gasteiger partial charge in [-0.05, 0) is 55.5 Å². The molecule has 0 radical (unpaired) electrons. The van der Waals surface area contributed by atoms with Gasteiger partial charge in [0.1, 0.15) is 17.7 Å². The number of sulfonamides is 1. The number of aromatic nitrogens is 1. The van der Waals surface area contributed by atoms with Crippen LogP contribution < -0.4 is 14.8 Å². The molecule has 8 nitrogen and oxygen atoms in total. The molecule has 2 N–H and O–H groups in total. The fourth-order valence-electron chi connectivity index (χ4n) is 3.66. The summed E-state index contributed by atoms with van der Waals surface area (Å²) in [7, 11) is -3.93. The zero-order valence-electron chi connectivity index (χ0n) is 19.3. The van der Waals surface area contributed by atoms with E-state index in [9.17, 15) is 35.2 Å². The third kappa shape index (κ3) is 6.18. The van der Waals surface area contributed by atoms with Gasteiger partial charge in [-0.2, -0.15) is 18.2 Å². The SMILES string of the molecule is CC(NC(=O)c1coc(Oc2cccc(C(F)(F)F)c2C2CC2)n1)c1cc(F)c(NS(C)(=O)=O)c(F)c1. The van der Waals surface area contributed by atoms with Crippen LogP contribution in [0, 0.1) is 11.6 Å². The molecule has 1 unspecified atom stereocenters. The van der Waals surface area contributed by atoms with Gasteiger partial charge in [-0.15, -0.1) is 0 Å². The third-order valence-electron chi connectivity index (χ3n) is 5.47. The Morgan fingerprint density at radius 2 is 1.84 bits per heavy atom. The number of amides is 1. The number of ether oxygens (including phenoxy) is 1. The Kier molecular flexibility index (Phi) is 6.88. The normalized spacial score (nSPS) is 14.8. The number of halogens is 5. The molecule has 3 aromatic rings. The molecule has 1 aromatic heterocycles. The lowest BCUT2D eigenvalue weighted by Crippen LogP contribution is -2.27. The molecule has 1 aliphatic carbocycles. The Morgan fingerprint density at radius 3 is 2.41 bits per heavy atom. The van der Waals surface area contributed by atoms with Crippen LogP contribution in [0.15, 0.2) is 41.0 Å². The maximum atomic E-state index is 14.3. The van der Waals surface area contributed by atoms with Crippen molar-refractivity contribution in [2.75, 3.05) is 11.0 Å². The van der Waals surface area contributed by atoms with Crippen molar-refractivity contribution in [2.45, 2.75) is 37.9 Å². The zero-order chi connectivity index (χ0) is 27.1. The van der Waals surface area contributed by atoms with Crippen molar-refractivity contribution in [1.29, 1.82) is 0 Å². The topological polar surface area (TPSA) is 111 Å². The average Bonchev–Trinajstić information content (AvgIpc) is 3.52. The van der Waals surface area contributed by atoms with Crippen LogP contribution in [0.5, 0.6) is 11.8 Å². The maximum Gasteiger partial charge on any atom is 0.416 e. The van der Waals surface area contributed by atoms with E-state index in [1.807, 2.05) is 0 Å². The highest BCUT2D eigenvalue weighted by Crippen LogP contribution is 2.50. The van der Waals surface area contributed by atoms with Gasteiger partial charge in [0.25, 0.3) is 5.91 Å². The van der Waals surface area contributed by atoms with Crippen molar-refractivity contribution in [2.24, 2.45) is 0 Å². The largest absolute Gasteiger partial charge is 0.416 e. The van der Waals surface area contributed by atoms with Gasteiger partial charge in [0.2, 0.25) is 10.0 Å². The number of alkyl halides is 3. The Bertz CT molecular complexity index is 1430. The van der Waals surface area contributed by atoms with Crippen LogP contribution in [0.25, 0.3) is 0 Å². The summed E-state index contributed by atoms with van der Waals surface area (Å²) < 4.78 is 104. The highest BCUT2D eigenvalue weighted by molar-refractivity contribution is 7.92. The highest BCUT2D eigenvalue weighted by Gasteiger charge is 2.40. The predicted octanol–water partition coefficient (Wildman–Crippen LogP) is 5.50. The highest BCUT2D eigenvalue weighted by atomic mass is 32.2. The summed E-state index contributed by atoms with van der Waals surface area (Å²) in [5.41, 5.74) is -1.99. The molecular weight excluding hydrogens is 525 g/mol. The standard InChI is InChI=1S/C23H20F5N3O5S/c1-11(13-8-15(24)20(16(25)9-13)31-37(2,33)34)29-21(32)17-10-35-22(30-17)36-18-5-3-4-14(23(26,27)28)19(18)12-6-7-12/h3-5,8-12,31H,6-7H2,1-2H3,(H,29,32). The first kappa shape index (κ1) is 26.4. The molecule has 1 aliphatic rings. The minimum Gasteiger partial charge on any atom is -0.416 e. The summed E-state index contributed by atoms with van der Waals surface area (Å²) in [6.07, 6.45) is -2.24. The number of benzene rings is 2. The van der Waals surface area contributed by atoms with E-state index in [0.717, 1.165) is 30.7 Å². The van der Waals surface area contributed by atoms with Gasteiger partial charge in [-0.1, -0.05) is 6.07 Å². The van der Waals surface area contributed by atoms with E-state index in [-0.39, 0.29) is 28.5 Å². The first-order valence-corrected chi connectivity index (χ1v) is 12.7. The van der Waals surface area contributed by atoms with E-state index in [1.165, 1.54) is 19.1 Å². The van der Waals surface area contributed by atoms with Crippen molar-refractivity contribution >= 4 is 21.6 Å². The van der Waals surface area contributed by atoms with Gasteiger partial charge in [0.05, 0.1) is 17.9 Å². The smallest absolute Gasteiger partial charge is 0.416 e. The van der Waals surface area contributed by atoms with E-state index in [0.29, 0.717) is 12.8 Å². The van der Waals surface area contributed by atoms with Crippen LogP contribution in [0.1, 0.15) is 58.9 Å². The molecule has 0 bridgehead atoms. The zero-order valence-corrected chi connectivity index (χ0v) is 20.1. The number of carbonyl (C=O) groups excluding carboxylic acids is 1. The monoisotopic (exact) mass is 545 g/mol. The lowest BCUT2D eigenvalue weighted by molar-refractivity contribution is -0.138. The minimum atomic E-state index is -4.58. The first-order valence-electron chi connectivity index (χ1n) is 10.8. The number of carbonyl (C=O) groups is 1. The molecule has 1 fully saturated rings.